The third-order valence-corrected chi connectivity index (χ3v) is 7.05. The smallest absolute Gasteiger partial charge is 0.257 e. The maximum atomic E-state index is 13.4. The first-order valence-corrected chi connectivity index (χ1v) is 11.2. The first-order valence-electron chi connectivity index (χ1n) is 10.4. The zero-order valence-corrected chi connectivity index (χ0v) is 17.9. The van der Waals surface area contributed by atoms with E-state index in [9.17, 15) is 9.59 Å². The number of fused-ring (bicyclic) bond motifs is 1. The first-order chi connectivity index (χ1) is 14.5. The molecule has 4 heterocycles. The van der Waals surface area contributed by atoms with Gasteiger partial charge in [-0.15, -0.1) is 0 Å². The van der Waals surface area contributed by atoms with E-state index in [1.54, 1.807) is 12.4 Å². The predicted molar refractivity (Wildman–Crippen MR) is 113 cm³/mol. The van der Waals surface area contributed by atoms with Crippen LogP contribution in [0.2, 0.25) is 0 Å². The van der Waals surface area contributed by atoms with Gasteiger partial charge in [0.15, 0.2) is 5.13 Å². The molecule has 2 aromatic rings. The molecule has 1 saturated heterocycles. The van der Waals surface area contributed by atoms with Gasteiger partial charge in [0.2, 0.25) is 5.91 Å². The van der Waals surface area contributed by atoms with E-state index in [2.05, 4.69) is 32.0 Å². The largest absolute Gasteiger partial charge is 0.379 e. The van der Waals surface area contributed by atoms with E-state index >= 15 is 0 Å². The topological polar surface area (TPSA) is 87.7 Å². The molecule has 1 N–H and O–H groups in total. The van der Waals surface area contributed by atoms with Gasteiger partial charge in [0.1, 0.15) is 6.17 Å². The molecule has 1 saturated carbocycles. The second-order valence-corrected chi connectivity index (χ2v) is 9.21. The van der Waals surface area contributed by atoms with Crippen LogP contribution >= 0.6 is 11.3 Å². The summed E-state index contributed by atoms with van der Waals surface area (Å²) in [5.74, 6) is 0.504. The molecule has 2 aromatic heterocycles. The highest BCUT2D eigenvalue weighted by Crippen LogP contribution is 2.45. The number of thiazole rings is 1. The lowest BCUT2D eigenvalue weighted by Gasteiger charge is -2.40. The number of aromatic nitrogens is 2. The lowest BCUT2D eigenvalue weighted by Crippen LogP contribution is -2.48. The van der Waals surface area contributed by atoms with Gasteiger partial charge in [-0.1, -0.05) is 11.3 Å². The van der Waals surface area contributed by atoms with E-state index in [1.165, 1.54) is 31.1 Å². The van der Waals surface area contributed by atoms with Crippen LogP contribution in [-0.2, 0) is 9.53 Å². The molecule has 2 amide bonds. The van der Waals surface area contributed by atoms with Gasteiger partial charge in [0.05, 0.1) is 29.3 Å². The molecule has 30 heavy (non-hydrogen) atoms. The molecule has 2 fully saturated rings. The van der Waals surface area contributed by atoms with Crippen LogP contribution in [-0.4, -0.2) is 63.9 Å². The van der Waals surface area contributed by atoms with Crippen LogP contribution < -0.4 is 5.32 Å². The minimum Gasteiger partial charge on any atom is -0.379 e. The van der Waals surface area contributed by atoms with E-state index in [0.717, 1.165) is 29.2 Å². The molecular weight excluding hydrogens is 402 g/mol. The fourth-order valence-corrected chi connectivity index (χ4v) is 5.24. The Hall–Kier alpha value is -2.36. The van der Waals surface area contributed by atoms with E-state index < -0.39 is 0 Å². The van der Waals surface area contributed by atoms with Gasteiger partial charge in [0.25, 0.3) is 5.91 Å². The van der Waals surface area contributed by atoms with Crippen LogP contribution in [0.25, 0.3) is 10.6 Å². The van der Waals surface area contributed by atoms with Crippen LogP contribution in [0.1, 0.15) is 48.8 Å². The number of hydrogen-bond acceptors (Lipinski definition) is 7. The van der Waals surface area contributed by atoms with Crippen molar-refractivity contribution >= 4 is 28.3 Å². The summed E-state index contributed by atoms with van der Waals surface area (Å²) in [5.41, 5.74) is 2.47. The molecular formula is C21H25N5O3S. The number of amides is 2. The lowest BCUT2D eigenvalue weighted by atomic mass is 10.1. The van der Waals surface area contributed by atoms with Crippen molar-refractivity contribution in [1.82, 2.24) is 19.8 Å². The molecule has 9 heteroatoms. The highest BCUT2D eigenvalue weighted by Gasteiger charge is 2.46. The number of nitrogens with zero attached hydrogens (tertiary/aromatic N) is 4. The third kappa shape index (κ3) is 3.51. The second kappa shape index (κ2) is 7.72. The third-order valence-electron chi connectivity index (χ3n) is 6.12. The molecule has 158 valence electrons. The van der Waals surface area contributed by atoms with Crippen LogP contribution in [0.15, 0.2) is 18.5 Å². The van der Waals surface area contributed by atoms with Gasteiger partial charge in [-0.05, 0) is 31.7 Å². The van der Waals surface area contributed by atoms with Crippen molar-refractivity contribution in [2.24, 2.45) is 5.92 Å². The molecule has 8 nitrogen and oxygen atoms in total. The molecule has 0 radical (unpaired) electrons. The lowest BCUT2D eigenvalue weighted by molar-refractivity contribution is -0.114. The number of anilines is 1. The number of pyridine rings is 1. The Morgan fingerprint density at radius 1 is 1.27 bits per heavy atom. The number of morpholine rings is 1. The Labute approximate surface area is 179 Å². The van der Waals surface area contributed by atoms with Crippen LogP contribution in [0, 0.1) is 5.92 Å². The van der Waals surface area contributed by atoms with Crippen molar-refractivity contribution in [1.29, 1.82) is 0 Å². The van der Waals surface area contributed by atoms with E-state index in [4.69, 9.17) is 4.74 Å². The number of carbonyl (C=O) groups excluding carboxylic acids is 2. The monoisotopic (exact) mass is 427 g/mol. The van der Waals surface area contributed by atoms with Gasteiger partial charge >= 0.3 is 0 Å². The molecule has 3 aliphatic rings. The average molecular weight is 428 g/mol. The van der Waals surface area contributed by atoms with Crippen molar-refractivity contribution in [3.05, 3.63) is 29.6 Å². The molecule has 2 unspecified atom stereocenters. The van der Waals surface area contributed by atoms with Gasteiger partial charge in [-0.2, -0.15) is 0 Å². The molecule has 2 aliphatic heterocycles. The maximum Gasteiger partial charge on any atom is 0.257 e. The van der Waals surface area contributed by atoms with E-state index in [1.807, 2.05) is 6.07 Å². The van der Waals surface area contributed by atoms with Gasteiger partial charge in [-0.3, -0.25) is 19.5 Å². The summed E-state index contributed by atoms with van der Waals surface area (Å²) in [5, 5.41) is 3.26. The zero-order valence-electron chi connectivity index (χ0n) is 17.1. The highest BCUT2D eigenvalue weighted by atomic mass is 32.1. The summed E-state index contributed by atoms with van der Waals surface area (Å²) in [7, 11) is 0. The van der Waals surface area contributed by atoms with E-state index in [0.29, 0.717) is 29.8 Å². The zero-order chi connectivity index (χ0) is 20.8. The molecule has 1 aliphatic carbocycles. The Bertz CT molecular complexity index is 983. The Balaban J connectivity index is 1.52. The summed E-state index contributed by atoms with van der Waals surface area (Å²) in [6.45, 7) is 6.60. The van der Waals surface area contributed by atoms with Crippen molar-refractivity contribution in [3.63, 3.8) is 0 Å². The molecule has 0 aromatic carbocycles. The summed E-state index contributed by atoms with van der Waals surface area (Å²) in [4.78, 5) is 38.8. The fourth-order valence-electron chi connectivity index (χ4n) is 4.41. The highest BCUT2D eigenvalue weighted by molar-refractivity contribution is 7.19. The number of hydrogen-bond donors (Lipinski definition) is 1. The molecule has 2 atom stereocenters. The standard InChI is InChI=1S/C21H25N5O3S/c1-12(14-3-4-14)26-19(25-5-7-29-8-6-25)15-9-17(22-10-16(15)20(26)28)18-11-23-21(30-18)24-13(2)27/h9-12,14,19H,3-8H2,1-2H3,(H,23,24,27). The molecule has 0 spiro atoms. The summed E-state index contributed by atoms with van der Waals surface area (Å²) >= 11 is 1.38. The summed E-state index contributed by atoms with van der Waals surface area (Å²) in [6, 6.07) is 2.23. The number of carbonyl (C=O) groups is 2. The van der Waals surface area contributed by atoms with Crippen molar-refractivity contribution in [2.45, 2.75) is 38.9 Å². The maximum absolute atomic E-state index is 13.4. The Morgan fingerprint density at radius 2 is 2.03 bits per heavy atom. The Morgan fingerprint density at radius 3 is 2.73 bits per heavy atom. The van der Waals surface area contributed by atoms with Crippen LogP contribution in [0.3, 0.4) is 0 Å². The minimum absolute atomic E-state index is 0.0724. The summed E-state index contributed by atoms with van der Waals surface area (Å²) in [6.07, 6.45) is 5.71. The normalized spacial score (nSPS) is 22.8. The predicted octanol–water partition coefficient (Wildman–Crippen LogP) is 2.75. The second-order valence-electron chi connectivity index (χ2n) is 8.18. The number of ether oxygens (including phenoxy) is 1. The van der Waals surface area contributed by atoms with Crippen LogP contribution in [0.5, 0.6) is 0 Å². The number of nitrogens with one attached hydrogen (secondary N) is 1. The average Bonchev–Trinajstić information content (AvgIpc) is 3.43. The van der Waals surface area contributed by atoms with Gasteiger partial charge in [0, 0.05) is 44.0 Å². The van der Waals surface area contributed by atoms with Crippen molar-refractivity contribution in [3.8, 4) is 10.6 Å². The number of rotatable bonds is 5. The SMILES string of the molecule is CC(=O)Nc1ncc(-c2cc3c(cn2)C(=O)N(C(C)C2CC2)C3N2CCOCC2)s1. The summed E-state index contributed by atoms with van der Waals surface area (Å²) < 4.78 is 5.56. The van der Waals surface area contributed by atoms with E-state index in [-0.39, 0.29) is 24.0 Å². The fraction of sp³-hybridized carbons (Fsp3) is 0.524. The molecule has 5 rings (SSSR count). The van der Waals surface area contributed by atoms with Crippen LogP contribution in [0.4, 0.5) is 5.13 Å². The molecule has 0 bridgehead atoms. The van der Waals surface area contributed by atoms with Gasteiger partial charge < -0.3 is 15.0 Å². The van der Waals surface area contributed by atoms with Crippen molar-refractivity contribution < 1.29 is 14.3 Å². The van der Waals surface area contributed by atoms with Gasteiger partial charge in [-0.25, -0.2) is 4.98 Å². The Kier molecular flexibility index (Phi) is 5.04. The minimum atomic E-state index is -0.152. The first kappa shape index (κ1) is 19.6. The quantitative estimate of drug-likeness (QED) is 0.790. The van der Waals surface area contributed by atoms with Crippen molar-refractivity contribution in [2.75, 3.05) is 31.6 Å².